The van der Waals surface area contributed by atoms with Gasteiger partial charge in [0.05, 0.1) is 0 Å². The van der Waals surface area contributed by atoms with Crippen molar-refractivity contribution in [2.24, 2.45) is 38.9 Å². The average molecular weight is 483 g/mol. The number of hydrogen-bond donors (Lipinski definition) is 0. The zero-order valence-electron chi connectivity index (χ0n) is 28.0. The van der Waals surface area contributed by atoms with Crippen LogP contribution in [0.15, 0.2) is 0 Å². The van der Waals surface area contributed by atoms with Gasteiger partial charge in [0.2, 0.25) is 0 Å². The van der Waals surface area contributed by atoms with Crippen LogP contribution in [0.25, 0.3) is 0 Å². The molecule has 0 spiro atoms. The Balaban J connectivity index is -0.000000748. The summed E-state index contributed by atoms with van der Waals surface area (Å²) in [5.41, 5.74) is 2.68. The van der Waals surface area contributed by atoms with Gasteiger partial charge in [-0.2, -0.15) is 0 Å². The Kier molecular flexibility index (Phi) is 18.9. The Morgan fingerprint density at radius 2 is 1.21 bits per heavy atom. The van der Waals surface area contributed by atoms with Gasteiger partial charge in [0.25, 0.3) is 0 Å². The highest BCUT2D eigenvalue weighted by atomic mass is 14.6. The van der Waals surface area contributed by atoms with E-state index in [0.29, 0.717) is 27.1 Å². The Morgan fingerprint density at radius 3 is 1.59 bits per heavy atom. The van der Waals surface area contributed by atoms with E-state index in [1.165, 1.54) is 57.8 Å². The number of hydrogen-bond acceptors (Lipinski definition) is 0. The molecule has 0 aromatic carbocycles. The summed E-state index contributed by atoms with van der Waals surface area (Å²) < 4.78 is 0. The fourth-order valence-corrected chi connectivity index (χ4v) is 6.33. The Bertz CT molecular complexity index is 475. The lowest BCUT2D eigenvalue weighted by Gasteiger charge is -2.48. The minimum Gasteiger partial charge on any atom is -0.0683 e. The van der Waals surface area contributed by atoms with Gasteiger partial charge in [0.15, 0.2) is 0 Å². The van der Waals surface area contributed by atoms with Gasteiger partial charge in [-0.05, 0) is 77.4 Å². The molecule has 0 aliphatic heterocycles. The molecule has 0 N–H and O–H groups in total. The summed E-state index contributed by atoms with van der Waals surface area (Å²) in [6, 6.07) is 0. The van der Waals surface area contributed by atoms with Crippen LogP contribution in [0, 0.1) is 38.9 Å². The molecule has 2 fully saturated rings. The lowest BCUT2D eigenvalue weighted by molar-refractivity contribution is 0.0254. The predicted octanol–water partition coefficient (Wildman–Crippen LogP) is 13.0. The maximum atomic E-state index is 2.65. The van der Waals surface area contributed by atoms with Crippen molar-refractivity contribution in [2.75, 3.05) is 0 Å². The molecule has 0 heteroatoms. The first-order valence-corrected chi connectivity index (χ1v) is 15.5. The van der Waals surface area contributed by atoms with E-state index in [-0.39, 0.29) is 0 Å². The molecule has 0 aromatic rings. The second-order valence-corrected chi connectivity index (χ2v) is 13.9. The molecule has 2 bridgehead atoms. The van der Waals surface area contributed by atoms with Crippen LogP contribution in [0.3, 0.4) is 0 Å². The highest BCUT2D eigenvalue weighted by Crippen LogP contribution is 2.64. The summed E-state index contributed by atoms with van der Waals surface area (Å²) >= 11 is 0. The van der Waals surface area contributed by atoms with E-state index in [1.807, 2.05) is 41.5 Å². The largest absolute Gasteiger partial charge is 0.0683 e. The maximum Gasteiger partial charge on any atom is -0.0266 e. The Hall–Kier alpha value is 0. The van der Waals surface area contributed by atoms with E-state index in [1.54, 1.807) is 0 Å². The number of rotatable bonds is 4. The molecule has 34 heavy (non-hydrogen) atoms. The zero-order valence-corrected chi connectivity index (χ0v) is 28.0. The van der Waals surface area contributed by atoms with Gasteiger partial charge in [-0.15, -0.1) is 0 Å². The summed E-state index contributed by atoms with van der Waals surface area (Å²) in [7, 11) is 0. The third-order valence-electron chi connectivity index (χ3n) is 9.14. The van der Waals surface area contributed by atoms with Crippen LogP contribution in [0.5, 0.6) is 0 Å². The fraction of sp³-hybridized carbons (Fsp3) is 1.00. The summed E-state index contributed by atoms with van der Waals surface area (Å²) in [6.07, 6.45) is 12.8. The van der Waals surface area contributed by atoms with Gasteiger partial charge < -0.3 is 0 Å². The second-order valence-electron chi connectivity index (χ2n) is 13.9. The van der Waals surface area contributed by atoms with E-state index in [9.17, 15) is 0 Å². The second kappa shape index (κ2) is 16.7. The van der Waals surface area contributed by atoms with E-state index < -0.39 is 0 Å². The molecular formula is C34H74. The molecule has 5 atom stereocenters. The summed E-state index contributed by atoms with van der Waals surface area (Å²) in [5, 5.41) is 0. The molecule has 2 aliphatic carbocycles. The normalized spacial score (nSPS) is 32.8. The van der Waals surface area contributed by atoms with Crippen LogP contribution in [0.1, 0.15) is 182 Å². The first-order chi connectivity index (χ1) is 15.5. The summed E-state index contributed by atoms with van der Waals surface area (Å²) in [4.78, 5) is 0. The smallest absolute Gasteiger partial charge is 0.0266 e. The van der Waals surface area contributed by atoms with Crippen LogP contribution in [-0.2, 0) is 0 Å². The topological polar surface area (TPSA) is 0 Å². The van der Waals surface area contributed by atoms with E-state index >= 15 is 0 Å². The van der Waals surface area contributed by atoms with Crippen molar-refractivity contribution in [3.05, 3.63) is 0 Å². The van der Waals surface area contributed by atoms with E-state index in [4.69, 9.17) is 0 Å². The molecule has 0 heterocycles. The quantitative estimate of drug-likeness (QED) is 0.373. The van der Waals surface area contributed by atoms with Crippen molar-refractivity contribution in [3.63, 3.8) is 0 Å². The Labute approximate surface area is 221 Å². The lowest BCUT2D eigenvalue weighted by Crippen LogP contribution is -2.38. The Morgan fingerprint density at radius 1 is 0.765 bits per heavy atom. The van der Waals surface area contributed by atoms with Crippen LogP contribution >= 0.6 is 0 Å². The third-order valence-corrected chi connectivity index (χ3v) is 9.14. The standard InChI is InChI=1S/C23H44.C5H12.3C2H6/c1-9-11-18(3)23(8)17-21(6)15-14-20(4,5)22(7,10-2)13-12-19(23)16-21;1-5(2,3)4;3*1-2/h18-19H,9-17H2,1-8H3;1-4H3;3*1-2H3. The van der Waals surface area contributed by atoms with E-state index in [2.05, 4.69) is 83.1 Å². The molecular weight excluding hydrogens is 408 g/mol. The first kappa shape index (κ1) is 38.5. The zero-order chi connectivity index (χ0) is 28.0. The van der Waals surface area contributed by atoms with E-state index in [0.717, 1.165) is 11.8 Å². The van der Waals surface area contributed by atoms with Gasteiger partial charge in [-0.1, -0.05) is 144 Å². The molecule has 2 aliphatic rings. The molecule has 210 valence electrons. The van der Waals surface area contributed by atoms with Crippen molar-refractivity contribution in [3.8, 4) is 0 Å². The van der Waals surface area contributed by atoms with Crippen molar-refractivity contribution in [1.82, 2.24) is 0 Å². The highest BCUT2D eigenvalue weighted by Gasteiger charge is 2.54. The van der Waals surface area contributed by atoms with Crippen molar-refractivity contribution >= 4 is 0 Å². The lowest BCUT2D eigenvalue weighted by atomic mass is 9.57. The van der Waals surface area contributed by atoms with Crippen molar-refractivity contribution in [2.45, 2.75) is 182 Å². The van der Waals surface area contributed by atoms with Gasteiger partial charge >= 0.3 is 0 Å². The molecule has 0 aromatic heterocycles. The van der Waals surface area contributed by atoms with Gasteiger partial charge in [0, 0.05) is 0 Å². The monoisotopic (exact) mass is 483 g/mol. The fourth-order valence-electron chi connectivity index (χ4n) is 6.33. The van der Waals surface area contributed by atoms with Crippen LogP contribution in [0.2, 0.25) is 0 Å². The SMILES string of the molecule is CC.CC.CC.CC(C)(C)C.CCCC(C)C1(C)CC2(C)CCC(C)(C)C(C)(CC)CCC1C2. The maximum absolute atomic E-state index is 2.65. The minimum atomic E-state index is 0.487. The third kappa shape index (κ3) is 11.8. The molecule has 0 amide bonds. The van der Waals surface area contributed by atoms with Crippen LogP contribution in [-0.4, -0.2) is 0 Å². The molecule has 5 unspecified atom stereocenters. The molecule has 0 saturated heterocycles. The molecule has 2 rings (SSSR count). The van der Waals surface area contributed by atoms with Gasteiger partial charge in [-0.25, -0.2) is 0 Å². The summed E-state index contributed by atoms with van der Waals surface area (Å²) in [5.74, 6) is 1.84. The van der Waals surface area contributed by atoms with Gasteiger partial charge in [0.1, 0.15) is 0 Å². The molecule has 0 nitrogen and oxygen atoms in total. The minimum absolute atomic E-state index is 0.487. The van der Waals surface area contributed by atoms with Crippen molar-refractivity contribution in [1.29, 1.82) is 0 Å². The average Bonchev–Trinajstić information content (AvgIpc) is 3.06. The van der Waals surface area contributed by atoms with Crippen LogP contribution < -0.4 is 0 Å². The van der Waals surface area contributed by atoms with Crippen LogP contribution in [0.4, 0.5) is 0 Å². The molecule has 2 saturated carbocycles. The summed E-state index contributed by atoms with van der Waals surface area (Å²) in [6.45, 7) is 41.1. The molecule has 0 radical (unpaired) electrons. The first-order valence-electron chi connectivity index (χ1n) is 15.5. The predicted molar refractivity (Wildman–Crippen MR) is 163 cm³/mol. The highest BCUT2D eigenvalue weighted by molar-refractivity contribution is 5.04. The van der Waals surface area contributed by atoms with Crippen molar-refractivity contribution < 1.29 is 0 Å². The van der Waals surface area contributed by atoms with Gasteiger partial charge in [-0.3, -0.25) is 0 Å². The number of fused-ring (bicyclic) bond motifs is 2.